The molecule has 0 saturated heterocycles. The van der Waals surface area contributed by atoms with Crippen molar-refractivity contribution in [2.24, 2.45) is 5.92 Å². The summed E-state index contributed by atoms with van der Waals surface area (Å²) < 4.78 is 0. The molecule has 0 atom stereocenters. The van der Waals surface area contributed by atoms with E-state index >= 15 is 0 Å². The van der Waals surface area contributed by atoms with Gasteiger partial charge in [0.2, 0.25) is 0 Å². The van der Waals surface area contributed by atoms with Crippen molar-refractivity contribution in [1.82, 2.24) is 5.32 Å². The molecule has 0 aromatic heterocycles. The van der Waals surface area contributed by atoms with E-state index in [2.05, 4.69) is 12.2 Å². The van der Waals surface area contributed by atoms with Gasteiger partial charge < -0.3 is 5.32 Å². The highest BCUT2D eigenvalue weighted by Gasteiger charge is 2.26. The van der Waals surface area contributed by atoms with Gasteiger partial charge in [-0.05, 0) is 24.8 Å². The molecule has 1 aromatic carbocycles. The van der Waals surface area contributed by atoms with Crippen molar-refractivity contribution in [1.29, 1.82) is 0 Å². The Labute approximate surface area is 109 Å². The van der Waals surface area contributed by atoms with Gasteiger partial charge in [-0.1, -0.05) is 6.92 Å². The lowest BCUT2D eigenvalue weighted by Gasteiger charge is -2.33. The molecule has 0 unspecified atom stereocenters. The van der Waals surface area contributed by atoms with Crippen LogP contribution in [0, 0.1) is 26.1 Å². The third-order valence-corrected chi connectivity index (χ3v) is 3.43. The monoisotopic (exact) mass is 265 g/mol. The summed E-state index contributed by atoms with van der Waals surface area (Å²) in [6.45, 7) is 2.53. The summed E-state index contributed by atoms with van der Waals surface area (Å²) in [5.74, 6) is 0.698. The average Bonchev–Trinajstić information content (AvgIpc) is 2.32. The van der Waals surface area contributed by atoms with Gasteiger partial charge in [-0.3, -0.25) is 20.2 Å². The highest BCUT2D eigenvalue weighted by Crippen LogP contribution is 2.28. The molecule has 102 valence electrons. The molecule has 2 rings (SSSR count). The number of nitrogens with zero attached hydrogens (tertiary/aromatic N) is 2. The lowest BCUT2D eigenvalue weighted by atomic mass is 9.82. The molecule has 1 aliphatic rings. The number of nitrogens with one attached hydrogen (secondary N) is 1. The molecule has 1 saturated carbocycles. The maximum atomic E-state index is 10.9. The molecule has 1 aromatic rings. The molecule has 1 aliphatic carbocycles. The summed E-state index contributed by atoms with van der Waals surface area (Å²) in [6, 6.07) is 4.16. The van der Waals surface area contributed by atoms with Crippen LogP contribution in [-0.2, 0) is 6.54 Å². The van der Waals surface area contributed by atoms with Crippen molar-refractivity contribution in [2.45, 2.75) is 32.4 Å². The highest BCUT2D eigenvalue weighted by molar-refractivity contribution is 5.49. The molecule has 19 heavy (non-hydrogen) atoms. The second-order valence-electron chi connectivity index (χ2n) is 4.98. The first-order chi connectivity index (χ1) is 8.97. The number of hydrogen-bond acceptors (Lipinski definition) is 5. The fraction of sp³-hybridized carbons (Fsp3) is 0.500. The van der Waals surface area contributed by atoms with Gasteiger partial charge in [-0.2, -0.15) is 0 Å². The van der Waals surface area contributed by atoms with Gasteiger partial charge in [-0.25, -0.2) is 0 Å². The highest BCUT2D eigenvalue weighted by atomic mass is 16.6. The normalized spacial score (nSPS) is 21.7. The van der Waals surface area contributed by atoms with E-state index in [0.29, 0.717) is 24.1 Å². The Kier molecular flexibility index (Phi) is 3.75. The lowest BCUT2D eigenvalue weighted by Crippen LogP contribution is -2.39. The zero-order valence-electron chi connectivity index (χ0n) is 10.5. The van der Waals surface area contributed by atoms with Crippen molar-refractivity contribution < 1.29 is 9.85 Å². The van der Waals surface area contributed by atoms with Crippen LogP contribution in [0.3, 0.4) is 0 Å². The predicted octanol–water partition coefficient (Wildman–Crippen LogP) is 2.39. The number of non-ortho nitro benzene ring substituents is 1. The minimum absolute atomic E-state index is 0.200. The third kappa shape index (κ3) is 3.05. The molecule has 0 amide bonds. The van der Waals surface area contributed by atoms with Gasteiger partial charge in [0.1, 0.15) is 0 Å². The molecule has 0 spiro atoms. The minimum atomic E-state index is -0.627. The maximum absolute atomic E-state index is 10.9. The summed E-state index contributed by atoms with van der Waals surface area (Å²) in [6.07, 6.45) is 2.14. The molecule has 0 bridgehead atoms. The zero-order valence-corrected chi connectivity index (χ0v) is 10.5. The van der Waals surface area contributed by atoms with Gasteiger partial charge in [0.05, 0.1) is 15.9 Å². The average molecular weight is 265 g/mol. The van der Waals surface area contributed by atoms with Crippen LogP contribution in [0.4, 0.5) is 11.4 Å². The van der Waals surface area contributed by atoms with Crippen LogP contribution in [0.2, 0.25) is 0 Å². The van der Waals surface area contributed by atoms with Crippen LogP contribution in [-0.4, -0.2) is 15.9 Å². The first-order valence-corrected chi connectivity index (χ1v) is 6.12. The zero-order chi connectivity index (χ0) is 14.0. The fourth-order valence-corrected chi connectivity index (χ4v) is 2.31. The SMILES string of the molecule is CC1CC(NCc2ccc([N+](=O)[O-])cc2[N+](=O)[O-])C1. The number of benzene rings is 1. The van der Waals surface area contributed by atoms with E-state index in [4.69, 9.17) is 0 Å². The molecule has 0 aliphatic heterocycles. The van der Waals surface area contributed by atoms with Crippen molar-refractivity contribution >= 4 is 11.4 Å². The van der Waals surface area contributed by atoms with E-state index < -0.39 is 9.85 Å². The molecular formula is C12H15N3O4. The Hall–Kier alpha value is -2.02. The molecule has 1 N–H and O–H groups in total. The van der Waals surface area contributed by atoms with Crippen LogP contribution >= 0.6 is 0 Å². The van der Waals surface area contributed by atoms with E-state index in [0.717, 1.165) is 18.9 Å². The van der Waals surface area contributed by atoms with E-state index in [1.807, 2.05) is 0 Å². The van der Waals surface area contributed by atoms with Gasteiger partial charge in [0.15, 0.2) is 0 Å². The van der Waals surface area contributed by atoms with Gasteiger partial charge in [-0.15, -0.1) is 0 Å². The largest absolute Gasteiger partial charge is 0.310 e. The third-order valence-electron chi connectivity index (χ3n) is 3.43. The molecule has 0 heterocycles. The standard InChI is InChI=1S/C12H15N3O4/c1-8-4-10(5-8)13-7-9-2-3-11(14(16)17)6-12(9)15(18)19/h2-3,6,8,10,13H,4-5,7H2,1H3. The Morgan fingerprint density at radius 3 is 2.47 bits per heavy atom. The van der Waals surface area contributed by atoms with Crippen molar-refractivity contribution in [3.05, 3.63) is 44.0 Å². The van der Waals surface area contributed by atoms with Crippen LogP contribution in [0.1, 0.15) is 25.3 Å². The van der Waals surface area contributed by atoms with Crippen LogP contribution in [0.25, 0.3) is 0 Å². The smallest absolute Gasteiger partial charge is 0.280 e. The van der Waals surface area contributed by atoms with Crippen molar-refractivity contribution in [2.75, 3.05) is 0 Å². The number of nitro groups is 2. The quantitative estimate of drug-likeness (QED) is 0.651. The summed E-state index contributed by atoms with van der Waals surface area (Å²) in [5.41, 5.74) is 0.0249. The van der Waals surface area contributed by atoms with E-state index in [-0.39, 0.29) is 11.4 Å². The number of nitro benzene ring substituents is 2. The van der Waals surface area contributed by atoms with Crippen LogP contribution < -0.4 is 5.32 Å². The summed E-state index contributed by atoms with van der Waals surface area (Å²) in [7, 11) is 0. The van der Waals surface area contributed by atoms with E-state index in [1.54, 1.807) is 0 Å². The fourth-order valence-electron chi connectivity index (χ4n) is 2.31. The van der Waals surface area contributed by atoms with Crippen molar-refractivity contribution in [3.8, 4) is 0 Å². The van der Waals surface area contributed by atoms with E-state index in [1.165, 1.54) is 12.1 Å². The Morgan fingerprint density at radius 1 is 1.26 bits per heavy atom. The Balaban J connectivity index is 2.10. The summed E-state index contributed by atoms with van der Waals surface area (Å²) >= 11 is 0. The summed E-state index contributed by atoms with van der Waals surface area (Å²) in [4.78, 5) is 20.3. The van der Waals surface area contributed by atoms with Crippen molar-refractivity contribution in [3.63, 3.8) is 0 Å². The molecule has 7 nitrogen and oxygen atoms in total. The predicted molar refractivity (Wildman–Crippen MR) is 68.8 cm³/mol. The second-order valence-corrected chi connectivity index (χ2v) is 4.98. The molecule has 0 radical (unpaired) electrons. The Bertz CT molecular complexity index is 512. The topological polar surface area (TPSA) is 98.3 Å². The van der Waals surface area contributed by atoms with Crippen LogP contribution in [0.5, 0.6) is 0 Å². The number of hydrogen-bond donors (Lipinski definition) is 1. The maximum Gasteiger partial charge on any atom is 0.280 e. The van der Waals surface area contributed by atoms with E-state index in [9.17, 15) is 20.2 Å². The minimum Gasteiger partial charge on any atom is -0.310 e. The molecular weight excluding hydrogens is 250 g/mol. The first kappa shape index (κ1) is 13.4. The van der Waals surface area contributed by atoms with Gasteiger partial charge in [0.25, 0.3) is 11.4 Å². The Morgan fingerprint density at radius 2 is 1.95 bits per heavy atom. The van der Waals surface area contributed by atoms with Crippen LogP contribution in [0.15, 0.2) is 18.2 Å². The number of rotatable bonds is 5. The second kappa shape index (κ2) is 5.31. The first-order valence-electron chi connectivity index (χ1n) is 6.12. The van der Waals surface area contributed by atoms with Gasteiger partial charge >= 0.3 is 0 Å². The molecule has 7 heteroatoms. The summed E-state index contributed by atoms with van der Waals surface area (Å²) in [5, 5.41) is 24.8. The van der Waals surface area contributed by atoms with Gasteiger partial charge in [0, 0.05) is 24.2 Å². The lowest BCUT2D eigenvalue weighted by molar-refractivity contribution is -0.394. The molecule has 1 fully saturated rings.